The van der Waals surface area contributed by atoms with Crippen LogP contribution < -0.4 is 0 Å². The standard InChI is InChI=1S/C21H31N2/c1-2-20(21-22-17-18-23-21)16-12-7-5-3-4-6-9-13-19-14-10-8-11-15-19/h8,10-11,14-15,17-18,20H,1-7,9,12-13,16H2,(H,22,23). The highest BCUT2D eigenvalue weighted by molar-refractivity contribution is 5.14. The maximum Gasteiger partial charge on any atom is 0.109 e. The molecule has 1 unspecified atom stereocenters. The molecule has 2 aromatic rings. The van der Waals surface area contributed by atoms with Crippen LogP contribution in [0.15, 0.2) is 42.7 Å². The molecule has 1 N–H and O–H groups in total. The predicted octanol–water partition coefficient (Wildman–Crippen LogP) is 6.08. The zero-order valence-electron chi connectivity index (χ0n) is 14.3. The molecule has 0 amide bonds. The van der Waals surface area contributed by atoms with Crippen molar-refractivity contribution in [1.82, 2.24) is 9.97 Å². The summed E-state index contributed by atoms with van der Waals surface area (Å²) < 4.78 is 0. The molecule has 1 radical (unpaired) electrons. The first-order chi connectivity index (χ1) is 11.4. The van der Waals surface area contributed by atoms with Gasteiger partial charge in [-0.25, -0.2) is 4.98 Å². The first-order valence-corrected chi connectivity index (χ1v) is 9.22. The van der Waals surface area contributed by atoms with Gasteiger partial charge in [0, 0.05) is 18.3 Å². The molecule has 0 fully saturated rings. The van der Waals surface area contributed by atoms with E-state index in [0.717, 1.165) is 12.2 Å². The van der Waals surface area contributed by atoms with Crippen LogP contribution in [0.25, 0.3) is 0 Å². The number of aromatic nitrogens is 2. The van der Waals surface area contributed by atoms with Crippen molar-refractivity contribution < 1.29 is 0 Å². The lowest BCUT2D eigenvalue weighted by atomic mass is 9.97. The molecule has 1 heterocycles. The van der Waals surface area contributed by atoms with E-state index in [1.807, 2.05) is 12.4 Å². The van der Waals surface area contributed by atoms with E-state index in [-0.39, 0.29) is 0 Å². The van der Waals surface area contributed by atoms with E-state index in [1.165, 1.54) is 63.4 Å². The quantitative estimate of drug-likeness (QED) is 0.473. The first kappa shape index (κ1) is 17.8. The van der Waals surface area contributed by atoms with Crippen LogP contribution in [-0.4, -0.2) is 9.97 Å². The van der Waals surface area contributed by atoms with Crippen LogP contribution in [0, 0.1) is 6.92 Å². The Morgan fingerprint density at radius 3 is 2.26 bits per heavy atom. The van der Waals surface area contributed by atoms with Gasteiger partial charge in [0.15, 0.2) is 0 Å². The predicted molar refractivity (Wildman–Crippen MR) is 98.4 cm³/mol. The summed E-state index contributed by atoms with van der Waals surface area (Å²) in [6.07, 6.45) is 16.6. The molecule has 0 aliphatic heterocycles. The molecule has 1 aromatic carbocycles. The van der Waals surface area contributed by atoms with E-state index in [1.54, 1.807) is 0 Å². The van der Waals surface area contributed by atoms with Crippen LogP contribution in [0.5, 0.6) is 0 Å². The second-order valence-electron chi connectivity index (χ2n) is 6.46. The summed E-state index contributed by atoms with van der Waals surface area (Å²) in [6, 6.07) is 10.8. The van der Waals surface area contributed by atoms with Gasteiger partial charge in [-0.05, 0) is 31.2 Å². The molecule has 0 aliphatic carbocycles. The number of rotatable bonds is 12. The lowest BCUT2D eigenvalue weighted by Crippen LogP contribution is -2.00. The normalized spacial score (nSPS) is 12.4. The Kier molecular flexibility index (Phi) is 8.53. The van der Waals surface area contributed by atoms with Gasteiger partial charge >= 0.3 is 0 Å². The van der Waals surface area contributed by atoms with Crippen LogP contribution in [-0.2, 0) is 6.42 Å². The number of nitrogens with one attached hydrogen (secondary N) is 1. The Morgan fingerprint density at radius 2 is 1.61 bits per heavy atom. The number of H-pyrrole nitrogens is 1. The smallest absolute Gasteiger partial charge is 0.109 e. The van der Waals surface area contributed by atoms with Crippen molar-refractivity contribution >= 4 is 0 Å². The van der Waals surface area contributed by atoms with Gasteiger partial charge in [-0.15, -0.1) is 0 Å². The van der Waals surface area contributed by atoms with Crippen molar-refractivity contribution in [2.24, 2.45) is 0 Å². The van der Waals surface area contributed by atoms with Gasteiger partial charge in [-0.2, -0.15) is 0 Å². The number of imidazole rings is 1. The van der Waals surface area contributed by atoms with Crippen molar-refractivity contribution in [3.8, 4) is 0 Å². The highest BCUT2D eigenvalue weighted by Gasteiger charge is 2.10. The molecule has 0 aliphatic rings. The molecule has 125 valence electrons. The SMILES string of the molecule is [CH2]CC(CCCCCCCCCc1ccccc1)c1ncc[nH]1. The molecule has 0 saturated heterocycles. The second-order valence-corrected chi connectivity index (χ2v) is 6.46. The van der Waals surface area contributed by atoms with Crippen molar-refractivity contribution in [3.63, 3.8) is 0 Å². The van der Waals surface area contributed by atoms with E-state index in [2.05, 4.69) is 47.2 Å². The van der Waals surface area contributed by atoms with E-state index in [0.29, 0.717) is 5.92 Å². The molecule has 0 bridgehead atoms. The minimum Gasteiger partial charge on any atom is -0.348 e. The van der Waals surface area contributed by atoms with Crippen molar-refractivity contribution in [1.29, 1.82) is 0 Å². The summed E-state index contributed by atoms with van der Waals surface area (Å²) >= 11 is 0. The Morgan fingerprint density at radius 1 is 0.913 bits per heavy atom. The molecule has 23 heavy (non-hydrogen) atoms. The summed E-state index contributed by atoms with van der Waals surface area (Å²) in [6.45, 7) is 4.06. The zero-order chi connectivity index (χ0) is 16.2. The number of benzene rings is 1. The topological polar surface area (TPSA) is 28.7 Å². The lowest BCUT2D eigenvalue weighted by molar-refractivity contribution is 0.521. The van der Waals surface area contributed by atoms with Gasteiger partial charge in [0.25, 0.3) is 0 Å². The number of hydrogen-bond donors (Lipinski definition) is 1. The fourth-order valence-electron chi connectivity index (χ4n) is 3.17. The Hall–Kier alpha value is -1.57. The minimum atomic E-state index is 0.510. The average Bonchev–Trinajstić information content (AvgIpc) is 3.12. The largest absolute Gasteiger partial charge is 0.348 e. The van der Waals surface area contributed by atoms with Crippen LogP contribution in [0.4, 0.5) is 0 Å². The monoisotopic (exact) mass is 311 g/mol. The van der Waals surface area contributed by atoms with Gasteiger partial charge in [0.2, 0.25) is 0 Å². The first-order valence-electron chi connectivity index (χ1n) is 9.22. The van der Waals surface area contributed by atoms with E-state index >= 15 is 0 Å². The van der Waals surface area contributed by atoms with Crippen LogP contribution in [0.1, 0.15) is 75.1 Å². The number of hydrogen-bond acceptors (Lipinski definition) is 1. The Labute approximate surface area is 141 Å². The summed E-state index contributed by atoms with van der Waals surface area (Å²) in [5.74, 6) is 1.62. The third-order valence-electron chi connectivity index (χ3n) is 4.62. The van der Waals surface area contributed by atoms with E-state index < -0.39 is 0 Å². The van der Waals surface area contributed by atoms with Gasteiger partial charge in [0.1, 0.15) is 5.82 Å². The fourth-order valence-corrected chi connectivity index (χ4v) is 3.17. The second kappa shape index (κ2) is 11.0. The molecule has 2 nitrogen and oxygen atoms in total. The van der Waals surface area contributed by atoms with Gasteiger partial charge < -0.3 is 4.98 Å². The molecular weight excluding hydrogens is 280 g/mol. The van der Waals surface area contributed by atoms with Gasteiger partial charge in [-0.1, -0.05) is 75.8 Å². The third-order valence-corrected chi connectivity index (χ3v) is 4.62. The molecule has 0 spiro atoms. The summed E-state index contributed by atoms with van der Waals surface area (Å²) in [7, 11) is 0. The molecule has 1 aromatic heterocycles. The summed E-state index contributed by atoms with van der Waals surface area (Å²) in [4.78, 5) is 7.59. The summed E-state index contributed by atoms with van der Waals surface area (Å²) in [5.41, 5.74) is 1.48. The number of aromatic amines is 1. The maximum atomic E-state index is 4.37. The Bertz CT molecular complexity index is 490. The maximum absolute atomic E-state index is 4.37. The fraction of sp³-hybridized carbons (Fsp3) is 0.524. The van der Waals surface area contributed by atoms with Crippen molar-refractivity contribution in [2.45, 2.75) is 70.1 Å². The average molecular weight is 311 g/mol. The number of unbranched alkanes of at least 4 members (excludes halogenated alkanes) is 6. The van der Waals surface area contributed by atoms with Crippen LogP contribution in [0.3, 0.4) is 0 Å². The molecule has 1 atom stereocenters. The third kappa shape index (κ3) is 7.02. The number of aryl methyl sites for hydroxylation is 1. The lowest BCUT2D eigenvalue weighted by Gasteiger charge is -2.11. The van der Waals surface area contributed by atoms with Crippen molar-refractivity contribution in [2.75, 3.05) is 0 Å². The van der Waals surface area contributed by atoms with Gasteiger partial charge in [0.05, 0.1) is 0 Å². The molecule has 0 saturated carbocycles. The Balaban J connectivity index is 1.43. The van der Waals surface area contributed by atoms with Crippen LogP contribution in [0.2, 0.25) is 0 Å². The highest BCUT2D eigenvalue weighted by Crippen LogP contribution is 2.23. The van der Waals surface area contributed by atoms with Gasteiger partial charge in [-0.3, -0.25) is 0 Å². The highest BCUT2D eigenvalue weighted by atomic mass is 14.9. The zero-order valence-corrected chi connectivity index (χ0v) is 14.3. The summed E-state index contributed by atoms with van der Waals surface area (Å²) in [5, 5.41) is 0. The molecular formula is C21H31N2. The minimum absolute atomic E-state index is 0.510. The number of nitrogens with zero attached hydrogens (tertiary/aromatic N) is 1. The molecule has 2 rings (SSSR count). The van der Waals surface area contributed by atoms with Crippen LogP contribution >= 0.6 is 0 Å². The molecule has 2 heteroatoms. The van der Waals surface area contributed by atoms with E-state index in [9.17, 15) is 0 Å². The van der Waals surface area contributed by atoms with Crippen molar-refractivity contribution in [3.05, 3.63) is 61.0 Å². The van der Waals surface area contributed by atoms with E-state index in [4.69, 9.17) is 0 Å².